The van der Waals surface area contributed by atoms with Gasteiger partial charge in [0, 0.05) is 9.37 Å². The van der Waals surface area contributed by atoms with Crippen LogP contribution in [0.1, 0.15) is 10.4 Å². The van der Waals surface area contributed by atoms with Gasteiger partial charge >= 0.3 is 5.97 Å². The lowest BCUT2D eigenvalue weighted by Gasteiger charge is -2.04. The van der Waals surface area contributed by atoms with Crippen LogP contribution in [0.3, 0.4) is 0 Å². The van der Waals surface area contributed by atoms with Crippen molar-refractivity contribution in [2.75, 3.05) is 6.26 Å². The molecule has 94 valence electrons. The van der Waals surface area contributed by atoms with Gasteiger partial charge in [-0.3, -0.25) is 0 Å². The van der Waals surface area contributed by atoms with Crippen molar-refractivity contribution >= 4 is 56.8 Å². The molecule has 0 fully saturated rings. The maximum Gasteiger partial charge on any atom is 0.338 e. The average Bonchev–Trinajstić information content (AvgIpc) is 2.76. The first-order valence-electron chi connectivity index (χ1n) is 4.69. The first-order chi connectivity index (χ1) is 8.61. The van der Waals surface area contributed by atoms with E-state index in [-0.39, 0.29) is 5.56 Å². The van der Waals surface area contributed by atoms with Gasteiger partial charge in [0.1, 0.15) is 0 Å². The number of hydrogen-bond acceptors (Lipinski definition) is 6. The molecule has 2 aromatic rings. The molecule has 1 aromatic heterocycles. The van der Waals surface area contributed by atoms with Crippen LogP contribution in [0.15, 0.2) is 36.2 Å². The Balaban J connectivity index is 2.34. The van der Waals surface area contributed by atoms with Gasteiger partial charge in [0.25, 0.3) is 0 Å². The number of aromatic carboxylic acids is 1. The molecule has 8 heteroatoms. The number of carboxylic acid groups (broad SMARTS) is 1. The first kappa shape index (κ1) is 13.9. The summed E-state index contributed by atoms with van der Waals surface area (Å²) in [6.45, 7) is 0. The Labute approximate surface area is 124 Å². The van der Waals surface area contributed by atoms with Gasteiger partial charge in [0.2, 0.25) is 0 Å². The molecule has 0 aliphatic carbocycles. The fourth-order valence-corrected chi connectivity index (χ4v) is 4.43. The van der Waals surface area contributed by atoms with E-state index in [0.717, 1.165) is 8.68 Å². The Morgan fingerprint density at radius 2 is 2.11 bits per heavy atom. The van der Waals surface area contributed by atoms with Crippen molar-refractivity contribution in [3.63, 3.8) is 0 Å². The summed E-state index contributed by atoms with van der Waals surface area (Å²) in [5.41, 5.74) is 0.253. The monoisotopic (exact) mass is 362 g/mol. The third kappa shape index (κ3) is 3.05. The molecule has 0 bridgehead atoms. The van der Waals surface area contributed by atoms with Crippen molar-refractivity contribution in [1.82, 2.24) is 10.2 Å². The highest BCUT2D eigenvalue weighted by molar-refractivity contribution is 9.10. The molecule has 0 radical (unpaired) electrons. The molecule has 0 atom stereocenters. The molecule has 0 aliphatic heterocycles. The van der Waals surface area contributed by atoms with Crippen LogP contribution in [0, 0.1) is 0 Å². The van der Waals surface area contributed by atoms with Crippen LogP contribution in [-0.4, -0.2) is 27.5 Å². The molecule has 0 aliphatic rings. The molecule has 2 rings (SSSR count). The van der Waals surface area contributed by atoms with E-state index in [1.165, 1.54) is 34.9 Å². The highest BCUT2D eigenvalue weighted by Crippen LogP contribution is 2.36. The van der Waals surface area contributed by atoms with Gasteiger partial charge in [-0.2, -0.15) is 0 Å². The van der Waals surface area contributed by atoms with Crippen molar-refractivity contribution in [2.24, 2.45) is 0 Å². The van der Waals surface area contributed by atoms with Crippen LogP contribution in [0.25, 0.3) is 0 Å². The summed E-state index contributed by atoms with van der Waals surface area (Å²) in [6, 6.07) is 5.27. The van der Waals surface area contributed by atoms with E-state index in [1.807, 2.05) is 6.26 Å². The average molecular weight is 363 g/mol. The van der Waals surface area contributed by atoms with Crippen LogP contribution >= 0.6 is 50.8 Å². The lowest BCUT2D eigenvalue weighted by Crippen LogP contribution is -1.99. The number of carboxylic acids is 1. The molecule has 1 N–H and O–H groups in total. The predicted octanol–water partition coefficient (Wildman–Crippen LogP) is 3.87. The number of rotatable bonds is 4. The lowest BCUT2D eigenvalue weighted by molar-refractivity contribution is 0.0692. The Bertz CT molecular complexity index is 588. The summed E-state index contributed by atoms with van der Waals surface area (Å²) in [4.78, 5) is 11.9. The maximum atomic E-state index is 11.2. The predicted molar refractivity (Wildman–Crippen MR) is 76.9 cm³/mol. The second-order valence-corrected chi connectivity index (χ2v) is 7.23. The third-order valence-electron chi connectivity index (χ3n) is 1.95. The quantitative estimate of drug-likeness (QED) is 0.832. The van der Waals surface area contributed by atoms with Crippen LogP contribution in [0.5, 0.6) is 0 Å². The number of hydrogen-bond donors (Lipinski definition) is 1. The van der Waals surface area contributed by atoms with E-state index < -0.39 is 5.97 Å². The fraction of sp³-hybridized carbons (Fsp3) is 0.100. The molecule has 0 unspecified atom stereocenters. The second kappa shape index (κ2) is 6.05. The van der Waals surface area contributed by atoms with E-state index in [1.54, 1.807) is 18.2 Å². The molecule has 0 saturated heterocycles. The standard InChI is InChI=1S/C10H7BrN2O2S3/c1-16-9-12-13-10(18-9)17-6-4-2-3-5(11)7(6)8(14)15/h2-4H,1H3,(H,14,15). The van der Waals surface area contributed by atoms with E-state index in [9.17, 15) is 9.90 Å². The summed E-state index contributed by atoms with van der Waals surface area (Å²) < 4.78 is 2.17. The first-order valence-corrected chi connectivity index (χ1v) is 8.34. The molecule has 0 saturated carbocycles. The van der Waals surface area contributed by atoms with Crippen LogP contribution < -0.4 is 0 Å². The van der Waals surface area contributed by atoms with Crippen LogP contribution in [-0.2, 0) is 0 Å². The van der Waals surface area contributed by atoms with Crippen molar-refractivity contribution in [3.8, 4) is 0 Å². The van der Waals surface area contributed by atoms with E-state index in [0.29, 0.717) is 9.37 Å². The summed E-state index contributed by atoms with van der Waals surface area (Å²) in [5.74, 6) is -0.959. The van der Waals surface area contributed by atoms with Gasteiger partial charge in [-0.15, -0.1) is 10.2 Å². The number of thioether (sulfide) groups is 1. The molecule has 1 heterocycles. The van der Waals surface area contributed by atoms with Gasteiger partial charge in [0.15, 0.2) is 8.68 Å². The highest BCUT2D eigenvalue weighted by Gasteiger charge is 2.16. The second-order valence-electron chi connectivity index (χ2n) is 3.06. The van der Waals surface area contributed by atoms with E-state index in [4.69, 9.17) is 0 Å². The summed E-state index contributed by atoms with van der Waals surface area (Å²) >= 11 is 7.53. The number of benzene rings is 1. The van der Waals surface area contributed by atoms with Crippen molar-refractivity contribution < 1.29 is 9.90 Å². The largest absolute Gasteiger partial charge is 0.478 e. The molecule has 18 heavy (non-hydrogen) atoms. The minimum absolute atomic E-state index is 0.253. The zero-order valence-electron chi connectivity index (χ0n) is 9.08. The van der Waals surface area contributed by atoms with E-state index >= 15 is 0 Å². The molecule has 0 spiro atoms. The Hall–Kier alpha value is -0.570. The normalized spacial score (nSPS) is 10.6. The van der Waals surface area contributed by atoms with Gasteiger partial charge in [0.05, 0.1) is 5.56 Å². The Kier molecular flexibility index (Phi) is 4.66. The van der Waals surface area contributed by atoms with Gasteiger partial charge < -0.3 is 5.11 Å². The molecule has 4 nitrogen and oxygen atoms in total. The minimum atomic E-state index is -0.959. The number of nitrogens with zero attached hydrogens (tertiary/aromatic N) is 2. The molecular formula is C10H7BrN2O2S3. The molecular weight excluding hydrogens is 356 g/mol. The Morgan fingerprint density at radius 3 is 2.72 bits per heavy atom. The van der Waals surface area contributed by atoms with Crippen LogP contribution in [0.4, 0.5) is 0 Å². The van der Waals surface area contributed by atoms with Gasteiger partial charge in [-0.05, 0) is 34.3 Å². The highest BCUT2D eigenvalue weighted by atomic mass is 79.9. The zero-order chi connectivity index (χ0) is 13.1. The van der Waals surface area contributed by atoms with E-state index in [2.05, 4.69) is 26.1 Å². The molecule has 0 amide bonds. The maximum absolute atomic E-state index is 11.2. The zero-order valence-corrected chi connectivity index (χ0v) is 13.1. The topological polar surface area (TPSA) is 63.1 Å². The number of aromatic nitrogens is 2. The Morgan fingerprint density at radius 1 is 1.39 bits per heavy atom. The fourth-order valence-electron chi connectivity index (χ4n) is 1.21. The van der Waals surface area contributed by atoms with Crippen molar-refractivity contribution in [1.29, 1.82) is 0 Å². The summed E-state index contributed by atoms with van der Waals surface area (Å²) in [5, 5.41) is 17.2. The number of halogens is 1. The minimum Gasteiger partial charge on any atom is -0.478 e. The van der Waals surface area contributed by atoms with Crippen LogP contribution in [0.2, 0.25) is 0 Å². The van der Waals surface area contributed by atoms with Crippen molar-refractivity contribution in [2.45, 2.75) is 13.6 Å². The summed E-state index contributed by atoms with van der Waals surface area (Å²) in [6.07, 6.45) is 1.93. The SMILES string of the molecule is CSc1nnc(Sc2cccc(Br)c2C(=O)O)s1. The number of carbonyl (C=O) groups is 1. The third-order valence-corrected chi connectivity index (χ3v) is 5.62. The lowest BCUT2D eigenvalue weighted by atomic mass is 10.2. The van der Waals surface area contributed by atoms with Crippen molar-refractivity contribution in [3.05, 3.63) is 28.2 Å². The van der Waals surface area contributed by atoms with Gasteiger partial charge in [-0.25, -0.2) is 4.79 Å². The molecule has 1 aromatic carbocycles. The smallest absolute Gasteiger partial charge is 0.338 e. The van der Waals surface area contributed by atoms with Gasteiger partial charge in [-0.1, -0.05) is 40.9 Å². The summed E-state index contributed by atoms with van der Waals surface area (Å²) in [7, 11) is 0.